The van der Waals surface area contributed by atoms with Gasteiger partial charge in [-0.3, -0.25) is 9.36 Å². The lowest BCUT2D eigenvalue weighted by Gasteiger charge is -2.34. The molecule has 1 aliphatic heterocycles. The van der Waals surface area contributed by atoms with Crippen LogP contribution in [0.3, 0.4) is 0 Å². The lowest BCUT2D eigenvalue weighted by atomic mass is 10.0. The second kappa shape index (κ2) is 9.82. The number of hydrogen-bond donors (Lipinski definition) is 0. The Morgan fingerprint density at radius 1 is 1.10 bits per heavy atom. The number of rotatable bonds is 6. The van der Waals surface area contributed by atoms with Crippen LogP contribution in [-0.2, 0) is 9.53 Å². The van der Waals surface area contributed by atoms with E-state index in [1.165, 1.54) is 17.3 Å². The Morgan fingerprint density at radius 3 is 2.38 bits per heavy atom. The van der Waals surface area contributed by atoms with Crippen LogP contribution in [0.15, 0.2) is 41.8 Å². The normalized spacial score (nSPS) is 14.3. The third kappa shape index (κ3) is 5.32. The number of imidazole rings is 1. The lowest BCUT2D eigenvalue weighted by Crippen LogP contribution is -2.51. The largest absolute Gasteiger partial charge is 0.450 e. The molecule has 2 heterocycles. The smallest absolute Gasteiger partial charge is 0.409 e. The maximum atomic E-state index is 12.6. The van der Waals surface area contributed by atoms with E-state index in [-0.39, 0.29) is 12.0 Å². The van der Waals surface area contributed by atoms with Gasteiger partial charge in [-0.15, -0.1) is 0 Å². The summed E-state index contributed by atoms with van der Waals surface area (Å²) >= 11 is 1.43. The van der Waals surface area contributed by atoms with Crippen LogP contribution in [0.4, 0.5) is 4.79 Å². The molecule has 2 amide bonds. The van der Waals surface area contributed by atoms with Crippen molar-refractivity contribution >= 4 is 23.8 Å². The maximum absolute atomic E-state index is 12.6. The Labute approximate surface area is 176 Å². The summed E-state index contributed by atoms with van der Waals surface area (Å²) in [5, 5.41) is 0.792. The lowest BCUT2D eigenvalue weighted by molar-refractivity contribution is -0.129. The zero-order chi connectivity index (χ0) is 20.8. The Bertz CT molecular complexity index is 827. The topological polar surface area (TPSA) is 67.7 Å². The summed E-state index contributed by atoms with van der Waals surface area (Å²) in [6, 6.07) is 8.42. The molecule has 156 valence electrons. The standard InChI is InChI=1S/C21H28N4O3S/c1-4-28-21(27)24-13-11-23(12-14-24)19(26)15-29-20-22-9-10-25(20)18-7-5-17(6-8-18)16(2)3/h5-10,16H,4,11-15H2,1-3H3. The summed E-state index contributed by atoms with van der Waals surface area (Å²) in [6.07, 6.45) is 3.36. The molecule has 29 heavy (non-hydrogen) atoms. The quantitative estimate of drug-likeness (QED) is 0.675. The van der Waals surface area contributed by atoms with E-state index in [9.17, 15) is 9.59 Å². The minimum Gasteiger partial charge on any atom is -0.450 e. The molecule has 0 saturated carbocycles. The van der Waals surface area contributed by atoms with Crippen LogP contribution in [0.5, 0.6) is 0 Å². The Kier molecular flexibility index (Phi) is 7.19. The van der Waals surface area contributed by atoms with Gasteiger partial charge in [-0.05, 0) is 30.5 Å². The van der Waals surface area contributed by atoms with Crippen molar-refractivity contribution in [1.82, 2.24) is 19.4 Å². The van der Waals surface area contributed by atoms with E-state index in [2.05, 4.69) is 43.1 Å². The zero-order valence-corrected chi connectivity index (χ0v) is 18.0. The van der Waals surface area contributed by atoms with Crippen molar-refractivity contribution in [3.05, 3.63) is 42.2 Å². The van der Waals surface area contributed by atoms with Crippen molar-refractivity contribution in [1.29, 1.82) is 0 Å². The average Bonchev–Trinajstić information content (AvgIpc) is 3.21. The maximum Gasteiger partial charge on any atom is 0.409 e. The molecule has 0 aliphatic carbocycles. The third-order valence-electron chi connectivity index (χ3n) is 4.93. The first-order chi connectivity index (χ1) is 14.0. The van der Waals surface area contributed by atoms with E-state index in [1.807, 2.05) is 10.8 Å². The molecule has 0 radical (unpaired) electrons. The minimum atomic E-state index is -0.306. The van der Waals surface area contributed by atoms with Gasteiger partial charge in [-0.2, -0.15) is 0 Å². The molecule has 2 aromatic rings. The van der Waals surface area contributed by atoms with Gasteiger partial charge < -0.3 is 14.5 Å². The first-order valence-electron chi connectivity index (χ1n) is 9.95. The number of carbonyl (C=O) groups is 2. The number of amides is 2. The number of hydrogen-bond acceptors (Lipinski definition) is 5. The number of ether oxygens (including phenoxy) is 1. The van der Waals surface area contributed by atoms with Gasteiger partial charge in [0.15, 0.2) is 5.16 Å². The van der Waals surface area contributed by atoms with Gasteiger partial charge in [0.2, 0.25) is 5.91 Å². The molecule has 1 saturated heterocycles. The van der Waals surface area contributed by atoms with Gasteiger partial charge in [0.1, 0.15) is 0 Å². The molecule has 8 heteroatoms. The molecule has 1 aromatic heterocycles. The molecule has 0 N–H and O–H groups in total. The molecule has 0 unspecified atom stereocenters. The number of benzene rings is 1. The highest BCUT2D eigenvalue weighted by atomic mass is 32.2. The highest BCUT2D eigenvalue weighted by Crippen LogP contribution is 2.23. The number of thioether (sulfide) groups is 1. The molecule has 3 rings (SSSR count). The first kappa shape index (κ1) is 21.2. The Hall–Kier alpha value is -2.48. The number of carbonyl (C=O) groups excluding carboxylic acids is 2. The van der Waals surface area contributed by atoms with Gasteiger partial charge in [-0.1, -0.05) is 37.7 Å². The van der Waals surface area contributed by atoms with Crippen molar-refractivity contribution in [2.45, 2.75) is 31.8 Å². The number of aromatic nitrogens is 2. The zero-order valence-electron chi connectivity index (χ0n) is 17.2. The van der Waals surface area contributed by atoms with Crippen LogP contribution in [-0.4, -0.2) is 69.9 Å². The summed E-state index contributed by atoms with van der Waals surface area (Å²) in [6.45, 7) is 8.57. The van der Waals surface area contributed by atoms with Crippen molar-refractivity contribution in [2.24, 2.45) is 0 Å². The second-order valence-electron chi connectivity index (χ2n) is 7.18. The third-order valence-corrected chi connectivity index (χ3v) is 5.88. The van der Waals surface area contributed by atoms with Gasteiger partial charge >= 0.3 is 6.09 Å². The predicted octanol–water partition coefficient (Wildman–Crippen LogP) is 3.39. The van der Waals surface area contributed by atoms with Crippen LogP contribution in [0.1, 0.15) is 32.3 Å². The summed E-state index contributed by atoms with van der Waals surface area (Å²) in [5.41, 5.74) is 2.32. The van der Waals surface area contributed by atoms with Crippen LogP contribution in [0.2, 0.25) is 0 Å². The molecule has 0 bridgehead atoms. The highest BCUT2D eigenvalue weighted by Gasteiger charge is 2.25. The van der Waals surface area contributed by atoms with Crippen molar-refractivity contribution in [3.8, 4) is 5.69 Å². The van der Waals surface area contributed by atoms with Crippen LogP contribution in [0.25, 0.3) is 5.69 Å². The molecule has 1 fully saturated rings. The SMILES string of the molecule is CCOC(=O)N1CCN(C(=O)CSc2nccn2-c2ccc(C(C)C)cc2)CC1. The summed E-state index contributed by atoms with van der Waals surface area (Å²) < 4.78 is 7.02. The second-order valence-corrected chi connectivity index (χ2v) is 8.12. The van der Waals surface area contributed by atoms with E-state index in [0.29, 0.717) is 44.5 Å². The van der Waals surface area contributed by atoms with E-state index in [0.717, 1.165) is 10.8 Å². The van der Waals surface area contributed by atoms with E-state index < -0.39 is 0 Å². The first-order valence-corrected chi connectivity index (χ1v) is 10.9. The number of nitrogens with zero attached hydrogens (tertiary/aromatic N) is 4. The van der Waals surface area contributed by atoms with E-state index in [1.54, 1.807) is 22.9 Å². The molecule has 1 aliphatic rings. The van der Waals surface area contributed by atoms with Crippen LogP contribution in [0, 0.1) is 0 Å². The summed E-state index contributed by atoms with van der Waals surface area (Å²) in [5.74, 6) is 0.867. The van der Waals surface area contributed by atoms with Crippen LogP contribution >= 0.6 is 11.8 Å². The fraction of sp³-hybridized carbons (Fsp3) is 0.476. The molecular weight excluding hydrogens is 388 g/mol. The molecule has 1 aromatic carbocycles. The highest BCUT2D eigenvalue weighted by molar-refractivity contribution is 7.99. The van der Waals surface area contributed by atoms with Crippen LogP contribution < -0.4 is 0 Å². The fourth-order valence-electron chi connectivity index (χ4n) is 3.18. The summed E-state index contributed by atoms with van der Waals surface area (Å²) in [4.78, 5) is 32.2. The minimum absolute atomic E-state index is 0.0585. The number of piperazine rings is 1. The van der Waals surface area contributed by atoms with Gasteiger partial charge in [0, 0.05) is 44.3 Å². The van der Waals surface area contributed by atoms with Gasteiger partial charge in [0.25, 0.3) is 0 Å². The van der Waals surface area contributed by atoms with Gasteiger partial charge in [-0.25, -0.2) is 9.78 Å². The monoisotopic (exact) mass is 416 g/mol. The Morgan fingerprint density at radius 2 is 1.76 bits per heavy atom. The predicted molar refractivity (Wildman–Crippen MR) is 114 cm³/mol. The fourth-order valence-corrected chi connectivity index (χ4v) is 4.06. The summed E-state index contributed by atoms with van der Waals surface area (Å²) in [7, 11) is 0. The Balaban J connectivity index is 1.54. The van der Waals surface area contributed by atoms with Gasteiger partial charge in [0.05, 0.1) is 12.4 Å². The average molecular weight is 417 g/mol. The molecule has 0 atom stereocenters. The van der Waals surface area contributed by atoms with E-state index >= 15 is 0 Å². The molecule has 0 spiro atoms. The molecular formula is C21H28N4O3S. The van der Waals surface area contributed by atoms with Crippen molar-refractivity contribution in [3.63, 3.8) is 0 Å². The van der Waals surface area contributed by atoms with Crippen molar-refractivity contribution < 1.29 is 14.3 Å². The molecule has 7 nitrogen and oxygen atoms in total. The van der Waals surface area contributed by atoms with Crippen molar-refractivity contribution in [2.75, 3.05) is 38.5 Å². The van der Waals surface area contributed by atoms with E-state index in [4.69, 9.17) is 4.74 Å².